The standard InChI is InChI=1S/C15H24N2/c1-14(2,3)12-6-8-15(16,9-7-12)13-5-4-10-17-11-13/h4-5,10-12H,6-9,16H2,1-3H3. The van der Waals surface area contributed by atoms with Gasteiger partial charge in [-0.25, -0.2) is 0 Å². The summed E-state index contributed by atoms with van der Waals surface area (Å²) < 4.78 is 0. The zero-order chi connectivity index (χ0) is 12.5. The average Bonchev–Trinajstić information content (AvgIpc) is 2.29. The van der Waals surface area contributed by atoms with Crippen LogP contribution in [0.15, 0.2) is 24.5 Å². The summed E-state index contributed by atoms with van der Waals surface area (Å²) in [6.45, 7) is 7.02. The minimum atomic E-state index is -0.143. The molecule has 2 heteroatoms. The summed E-state index contributed by atoms with van der Waals surface area (Å²) in [5.41, 5.74) is 8.02. The molecule has 1 aromatic heterocycles. The maximum atomic E-state index is 6.55. The summed E-state index contributed by atoms with van der Waals surface area (Å²) in [6.07, 6.45) is 8.37. The Morgan fingerprint density at radius 1 is 1.29 bits per heavy atom. The molecule has 1 aliphatic carbocycles. The fraction of sp³-hybridized carbons (Fsp3) is 0.667. The zero-order valence-corrected chi connectivity index (χ0v) is 11.2. The number of nitrogens with zero attached hydrogens (tertiary/aromatic N) is 1. The van der Waals surface area contributed by atoms with Crippen LogP contribution >= 0.6 is 0 Å². The second-order valence-corrected chi connectivity index (χ2v) is 6.54. The van der Waals surface area contributed by atoms with Crippen molar-refractivity contribution in [3.05, 3.63) is 30.1 Å². The van der Waals surface area contributed by atoms with Crippen LogP contribution in [0.3, 0.4) is 0 Å². The van der Waals surface area contributed by atoms with Crippen LogP contribution in [0.25, 0.3) is 0 Å². The number of pyridine rings is 1. The third kappa shape index (κ3) is 2.68. The summed E-state index contributed by atoms with van der Waals surface area (Å²) in [6, 6.07) is 4.10. The molecule has 0 bridgehead atoms. The third-order valence-corrected chi connectivity index (χ3v) is 4.34. The highest BCUT2D eigenvalue weighted by Crippen LogP contribution is 2.43. The second kappa shape index (κ2) is 4.41. The maximum Gasteiger partial charge on any atom is 0.0425 e. The fourth-order valence-electron chi connectivity index (χ4n) is 2.94. The van der Waals surface area contributed by atoms with Crippen molar-refractivity contribution in [3.8, 4) is 0 Å². The van der Waals surface area contributed by atoms with Gasteiger partial charge in [0.15, 0.2) is 0 Å². The van der Waals surface area contributed by atoms with Gasteiger partial charge in [0, 0.05) is 17.9 Å². The molecular formula is C15H24N2. The molecule has 0 amide bonds. The summed E-state index contributed by atoms with van der Waals surface area (Å²) in [5, 5.41) is 0. The van der Waals surface area contributed by atoms with E-state index < -0.39 is 0 Å². The molecule has 2 rings (SSSR count). The number of hydrogen-bond acceptors (Lipinski definition) is 2. The van der Waals surface area contributed by atoms with Crippen LogP contribution in [0.5, 0.6) is 0 Å². The van der Waals surface area contributed by atoms with Gasteiger partial charge in [-0.3, -0.25) is 4.98 Å². The van der Waals surface area contributed by atoms with E-state index in [0.29, 0.717) is 5.41 Å². The number of nitrogens with two attached hydrogens (primary N) is 1. The summed E-state index contributed by atoms with van der Waals surface area (Å²) in [5.74, 6) is 0.802. The Balaban J connectivity index is 2.08. The van der Waals surface area contributed by atoms with Crippen LogP contribution in [0.4, 0.5) is 0 Å². The van der Waals surface area contributed by atoms with E-state index in [-0.39, 0.29) is 5.54 Å². The highest BCUT2D eigenvalue weighted by atomic mass is 14.8. The van der Waals surface area contributed by atoms with Crippen molar-refractivity contribution in [2.24, 2.45) is 17.1 Å². The van der Waals surface area contributed by atoms with Gasteiger partial charge in [-0.2, -0.15) is 0 Å². The first-order chi connectivity index (χ1) is 7.92. The molecule has 1 aliphatic rings. The smallest absolute Gasteiger partial charge is 0.0425 e. The van der Waals surface area contributed by atoms with Gasteiger partial charge in [0.25, 0.3) is 0 Å². The van der Waals surface area contributed by atoms with E-state index in [4.69, 9.17) is 5.73 Å². The minimum Gasteiger partial charge on any atom is -0.321 e. The van der Waals surface area contributed by atoms with Crippen LogP contribution in [0.1, 0.15) is 52.0 Å². The average molecular weight is 232 g/mol. The van der Waals surface area contributed by atoms with E-state index in [1.165, 1.54) is 18.4 Å². The van der Waals surface area contributed by atoms with Crippen molar-refractivity contribution in [1.82, 2.24) is 4.98 Å². The van der Waals surface area contributed by atoms with E-state index in [0.717, 1.165) is 18.8 Å². The largest absolute Gasteiger partial charge is 0.321 e. The van der Waals surface area contributed by atoms with Gasteiger partial charge in [-0.05, 0) is 48.6 Å². The molecule has 2 N–H and O–H groups in total. The lowest BCUT2D eigenvalue weighted by Crippen LogP contribution is -2.42. The van der Waals surface area contributed by atoms with Crippen LogP contribution in [0.2, 0.25) is 0 Å². The molecule has 0 unspecified atom stereocenters. The van der Waals surface area contributed by atoms with E-state index in [1.807, 2.05) is 18.5 Å². The Kier molecular flexibility index (Phi) is 3.26. The van der Waals surface area contributed by atoms with E-state index in [2.05, 4.69) is 31.8 Å². The molecule has 1 aromatic rings. The Labute approximate surface area is 105 Å². The summed E-state index contributed by atoms with van der Waals surface area (Å²) in [7, 11) is 0. The maximum absolute atomic E-state index is 6.55. The SMILES string of the molecule is CC(C)(C)C1CCC(N)(c2cccnc2)CC1. The van der Waals surface area contributed by atoms with Gasteiger partial charge < -0.3 is 5.73 Å². The second-order valence-electron chi connectivity index (χ2n) is 6.54. The fourth-order valence-corrected chi connectivity index (χ4v) is 2.94. The molecule has 94 valence electrons. The number of rotatable bonds is 1. The molecule has 1 saturated carbocycles. The van der Waals surface area contributed by atoms with Gasteiger partial charge in [-0.1, -0.05) is 26.8 Å². The lowest BCUT2D eigenvalue weighted by Gasteiger charge is -2.42. The topological polar surface area (TPSA) is 38.9 Å². The Hall–Kier alpha value is -0.890. The lowest BCUT2D eigenvalue weighted by atomic mass is 9.66. The molecule has 0 saturated heterocycles. The molecule has 0 aromatic carbocycles. The van der Waals surface area contributed by atoms with Gasteiger partial charge in [0.2, 0.25) is 0 Å². The van der Waals surface area contributed by atoms with Crippen LogP contribution in [-0.2, 0) is 5.54 Å². The molecular weight excluding hydrogens is 208 g/mol. The predicted octanol–water partition coefficient (Wildman–Crippen LogP) is 3.47. The van der Waals surface area contributed by atoms with Gasteiger partial charge >= 0.3 is 0 Å². The van der Waals surface area contributed by atoms with Crippen molar-refractivity contribution in [1.29, 1.82) is 0 Å². The lowest BCUT2D eigenvalue weighted by molar-refractivity contribution is 0.134. The number of hydrogen-bond donors (Lipinski definition) is 1. The van der Waals surface area contributed by atoms with Crippen molar-refractivity contribution in [2.75, 3.05) is 0 Å². The van der Waals surface area contributed by atoms with Crippen molar-refractivity contribution in [3.63, 3.8) is 0 Å². The van der Waals surface area contributed by atoms with E-state index in [9.17, 15) is 0 Å². The molecule has 1 heterocycles. The Morgan fingerprint density at radius 2 is 1.94 bits per heavy atom. The molecule has 0 aliphatic heterocycles. The Morgan fingerprint density at radius 3 is 2.41 bits per heavy atom. The highest BCUT2D eigenvalue weighted by molar-refractivity contribution is 5.20. The molecule has 0 atom stereocenters. The molecule has 0 radical (unpaired) electrons. The Bertz CT molecular complexity index is 356. The minimum absolute atomic E-state index is 0.143. The van der Waals surface area contributed by atoms with Gasteiger partial charge in [0.1, 0.15) is 0 Å². The first-order valence-electron chi connectivity index (χ1n) is 6.61. The molecule has 1 fully saturated rings. The number of aromatic nitrogens is 1. The van der Waals surface area contributed by atoms with Gasteiger partial charge in [0.05, 0.1) is 0 Å². The highest BCUT2D eigenvalue weighted by Gasteiger charge is 2.37. The van der Waals surface area contributed by atoms with Crippen LogP contribution in [-0.4, -0.2) is 4.98 Å². The predicted molar refractivity (Wildman–Crippen MR) is 71.5 cm³/mol. The first-order valence-corrected chi connectivity index (χ1v) is 6.61. The zero-order valence-electron chi connectivity index (χ0n) is 11.2. The molecule has 2 nitrogen and oxygen atoms in total. The monoisotopic (exact) mass is 232 g/mol. The molecule has 0 spiro atoms. The quantitative estimate of drug-likeness (QED) is 0.805. The van der Waals surface area contributed by atoms with Crippen molar-refractivity contribution >= 4 is 0 Å². The van der Waals surface area contributed by atoms with Crippen LogP contribution in [0, 0.1) is 11.3 Å². The van der Waals surface area contributed by atoms with Crippen LogP contribution < -0.4 is 5.73 Å². The summed E-state index contributed by atoms with van der Waals surface area (Å²) in [4.78, 5) is 4.19. The van der Waals surface area contributed by atoms with E-state index >= 15 is 0 Å². The third-order valence-electron chi connectivity index (χ3n) is 4.34. The van der Waals surface area contributed by atoms with E-state index in [1.54, 1.807) is 0 Å². The molecule has 17 heavy (non-hydrogen) atoms. The van der Waals surface area contributed by atoms with Crippen molar-refractivity contribution < 1.29 is 0 Å². The van der Waals surface area contributed by atoms with Gasteiger partial charge in [-0.15, -0.1) is 0 Å². The summed E-state index contributed by atoms with van der Waals surface area (Å²) >= 11 is 0. The first kappa shape index (κ1) is 12.6. The van der Waals surface area contributed by atoms with Crippen molar-refractivity contribution in [2.45, 2.75) is 52.0 Å². The normalized spacial score (nSPS) is 30.2.